The van der Waals surface area contributed by atoms with Gasteiger partial charge in [-0.2, -0.15) is 0 Å². The van der Waals surface area contributed by atoms with E-state index in [1.165, 1.54) is 16.4 Å². The Labute approximate surface area is 167 Å². The second-order valence-electron chi connectivity index (χ2n) is 7.43. The molecule has 9 heteroatoms. The number of ether oxygens (including phenoxy) is 1. The van der Waals surface area contributed by atoms with Crippen LogP contribution in [0.1, 0.15) is 47.0 Å². The third-order valence-corrected chi connectivity index (χ3v) is 5.56. The van der Waals surface area contributed by atoms with Gasteiger partial charge in [-0.1, -0.05) is 13.3 Å². The fourth-order valence-corrected chi connectivity index (χ4v) is 3.42. The van der Waals surface area contributed by atoms with Crippen LogP contribution in [-0.4, -0.2) is 50.5 Å². The second kappa shape index (κ2) is 10.4. The Morgan fingerprint density at radius 3 is 2.29 bits per heavy atom. The summed E-state index contributed by atoms with van der Waals surface area (Å²) in [4.78, 5) is 23.7. The van der Waals surface area contributed by atoms with Crippen molar-refractivity contribution in [3.8, 4) is 0 Å². The third-order valence-electron chi connectivity index (χ3n) is 3.69. The van der Waals surface area contributed by atoms with Crippen LogP contribution in [0.15, 0.2) is 29.2 Å². The molecule has 0 atom stereocenters. The van der Waals surface area contributed by atoms with Gasteiger partial charge in [0, 0.05) is 32.2 Å². The van der Waals surface area contributed by atoms with E-state index in [1.807, 2.05) is 6.92 Å². The molecular weight excluding hydrogens is 382 g/mol. The van der Waals surface area contributed by atoms with Gasteiger partial charge in [-0.15, -0.1) is 0 Å². The van der Waals surface area contributed by atoms with Gasteiger partial charge in [0.15, 0.2) is 0 Å². The minimum Gasteiger partial charge on any atom is -0.444 e. The number of nitrogens with zero attached hydrogens (tertiary/aromatic N) is 1. The maximum atomic E-state index is 12.5. The van der Waals surface area contributed by atoms with Crippen LogP contribution in [0.4, 0.5) is 10.5 Å². The predicted octanol–water partition coefficient (Wildman–Crippen LogP) is 2.96. The van der Waals surface area contributed by atoms with E-state index >= 15 is 0 Å². The molecule has 0 aromatic heterocycles. The van der Waals surface area contributed by atoms with Gasteiger partial charge in [-0.3, -0.25) is 4.79 Å². The minimum absolute atomic E-state index is 0.0685. The Hall–Kier alpha value is -2.13. The van der Waals surface area contributed by atoms with E-state index in [-0.39, 0.29) is 23.8 Å². The fourth-order valence-electron chi connectivity index (χ4n) is 2.21. The second-order valence-corrected chi connectivity index (χ2v) is 9.48. The molecule has 0 aliphatic heterocycles. The maximum absolute atomic E-state index is 12.5. The summed E-state index contributed by atoms with van der Waals surface area (Å²) < 4.78 is 31.3. The molecule has 0 aliphatic rings. The SMILES string of the molecule is CCCCN(C)S(=O)(=O)c1ccc(NC(=O)CCNC(=O)OC(C)(C)C)cc1. The molecule has 28 heavy (non-hydrogen) atoms. The Morgan fingerprint density at radius 2 is 1.75 bits per heavy atom. The Balaban J connectivity index is 2.53. The summed E-state index contributed by atoms with van der Waals surface area (Å²) in [5.74, 6) is -0.299. The van der Waals surface area contributed by atoms with Crippen LogP contribution < -0.4 is 10.6 Å². The van der Waals surface area contributed by atoms with Crippen LogP contribution in [0.5, 0.6) is 0 Å². The lowest BCUT2D eigenvalue weighted by Crippen LogP contribution is -2.34. The predicted molar refractivity (Wildman–Crippen MR) is 109 cm³/mol. The largest absolute Gasteiger partial charge is 0.444 e. The van der Waals surface area contributed by atoms with Crippen LogP contribution in [0.2, 0.25) is 0 Å². The fraction of sp³-hybridized carbons (Fsp3) is 0.579. The van der Waals surface area contributed by atoms with Crippen molar-refractivity contribution in [2.75, 3.05) is 25.5 Å². The summed E-state index contributed by atoms with van der Waals surface area (Å²) in [6, 6.07) is 6.01. The van der Waals surface area contributed by atoms with Crippen LogP contribution in [0.3, 0.4) is 0 Å². The Bertz CT molecular complexity index is 755. The molecule has 0 radical (unpaired) electrons. The van der Waals surface area contributed by atoms with E-state index in [0.717, 1.165) is 12.8 Å². The Morgan fingerprint density at radius 1 is 1.14 bits per heavy atom. The molecule has 0 fully saturated rings. The van der Waals surface area contributed by atoms with Gasteiger partial charge < -0.3 is 15.4 Å². The van der Waals surface area contributed by atoms with Crippen LogP contribution >= 0.6 is 0 Å². The van der Waals surface area contributed by atoms with Crippen molar-refractivity contribution < 1.29 is 22.7 Å². The molecule has 0 spiro atoms. The number of rotatable bonds is 9. The zero-order valence-corrected chi connectivity index (χ0v) is 18.1. The first kappa shape index (κ1) is 23.9. The molecule has 0 unspecified atom stereocenters. The smallest absolute Gasteiger partial charge is 0.407 e. The lowest BCUT2D eigenvalue weighted by atomic mass is 10.2. The summed E-state index contributed by atoms with van der Waals surface area (Å²) in [7, 11) is -1.98. The van der Waals surface area contributed by atoms with Crippen LogP contribution in [0, 0.1) is 0 Å². The van der Waals surface area contributed by atoms with Gasteiger partial charge in [0.2, 0.25) is 15.9 Å². The number of carbonyl (C=O) groups excluding carboxylic acids is 2. The summed E-state index contributed by atoms with van der Waals surface area (Å²) in [5, 5.41) is 5.17. The number of benzene rings is 1. The van der Waals surface area contributed by atoms with E-state index in [1.54, 1.807) is 40.0 Å². The molecule has 2 amide bonds. The van der Waals surface area contributed by atoms with Crippen LogP contribution in [0.25, 0.3) is 0 Å². The summed E-state index contributed by atoms with van der Waals surface area (Å²) >= 11 is 0. The zero-order valence-electron chi connectivity index (χ0n) is 17.2. The molecule has 0 heterocycles. The van der Waals surface area contributed by atoms with E-state index in [4.69, 9.17) is 4.74 Å². The third kappa shape index (κ3) is 8.26. The van der Waals surface area contributed by atoms with Crippen molar-refractivity contribution in [3.05, 3.63) is 24.3 Å². The van der Waals surface area contributed by atoms with E-state index in [0.29, 0.717) is 12.2 Å². The van der Waals surface area contributed by atoms with Gasteiger partial charge in [0.1, 0.15) is 5.60 Å². The summed E-state index contributed by atoms with van der Waals surface area (Å²) in [6.45, 7) is 7.86. The van der Waals surface area contributed by atoms with Crippen molar-refractivity contribution in [2.45, 2.75) is 57.5 Å². The normalized spacial score (nSPS) is 11.9. The first-order chi connectivity index (χ1) is 13.0. The van der Waals surface area contributed by atoms with Crippen molar-refractivity contribution >= 4 is 27.7 Å². The first-order valence-electron chi connectivity index (χ1n) is 9.29. The minimum atomic E-state index is -3.54. The molecule has 1 aromatic carbocycles. The quantitative estimate of drug-likeness (QED) is 0.648. The molecule has 0 aliphatic carbocycles. The van der Waals surface area contributed by atoms with Gasteiger partial charge >= 0.3 is 6.09 Å². The van der Waals surface area contributed by atoms with Crippen molar-refractivity contribution in [1.82, 2.24) is 9.62 Å². The average Bonchev–Trinajstić information content (AvgIpc) is 2.58. The highest BCUT2D eigenvalue weighted by Crippen LogP contribution is 2.18. The van der Waals surface area contributed by atoms with Crippen molar-refractivity contribution in [1.29, 1.82) is 0 Å². The molecule has 0 bridgehead atoms. The molecule has 0 saturated carbocycles. The van der Waals surface area contributed by atoms with Gasteiger partial charge in [-0.05, 0) is 51.5 Å². The molecule has 1 rings (SSSR count). The summed E-state index contributed by atoms with van der Waals surface area (Å²) in [5.41, 5.74) is -0.114. The number of amides is 2. The van der Waals surface area contributed by atoms with E-state index in [9.17, 15) is 18.0 Å². The number of hydrogen-bond donors (Lipinski definition) is 2. The molecule has 8 nitrogen and oxygen atoms in total. The first-order valence-corrected chi connectivity index (χ1v) is 10.7. The highest BCUT2D eigenvalue weighted by atomic mass is 32.2. The van der Waals surface area contributed by atoms with E-state index < -0.39 is 21.7 Å². The van der Waals surface area contributed by atoms with E-state index in [2.05, 4.69) is 10.6 Å². The molecule has 2 N–H and O–H groups in total. The summed E-state index contributed by atoms with van der Waals surface area (Å²) in [6.07, 6.45) is 1.19. The van der Waals surface area contributed by atoms with Gasteiger partial charge in [0.25, 0.3) is 0 Å². The van der Waals surface area contributed by atoms with Crippen LogP contribution in [-0.2, 0) is 19.6 Å². The molecule has 0 saturated heterocycles. The molecule has 1 aromatic rings. The van der Waals surface area contributed by atoms with Crippen molar-refractivity contribution in [2.24, 2.45) is 0 Å². The number of anilines is 1. The highest BCUT2D eigenvalue weighted by molar-refractivity contribution is 7.89. The molecule has 158 valence electrons. The maximum Gasteiger partial charge on any atom is 0.407 e. The number of nitrogens with one attached hydrogen (secondary N) is 2. The van der Waals surface area contributed by atoms with Crippen molar-refractivity contribution in [3.63, 3.8) is 0 Å². The zero-order chi connectivity index (χ0) is 21.4. The lowest BCUT2D eigenvalue weighted by Gasteiger charge is -2.19. The Kier molecular flexibility index (Phi) is 8.90. The monoisotopic (exact) mass is 413 g/mol. The topological polar surface area (TPSA) is 105 Å². The van der Waals surface area contributed by atoms with Gasteiger partial charge in [-0.25, -0.2) is 17.5 Å². The number of alkyl carbamates (subject to hydrolysis) is 1. The average molecular weight is 414 g/mol. The number of unbranched alkanes of at least 4 members (excludes halogenated alkanes) is 1. The lowest BCUT2D eigenvalue weighted by molar-refractivity contribution is -0.116. The number of hydrogen-bond acceptors (Lipinski definition) is 5. The molecular formula is C19H31N3O5S. The highest BCUT2D eigenvalue weighted by Gasteiger charge is 2.20. The number of carbonyl (C=O) groups is 2. The van der Waals surface area contributed by atoms with Gasteiger partial charge in [0.05, 0.1) is 4.90 Å². The standard InChI is InChI=1S/C19H31N3O5S/c1-6-7-14-22(5)28(25,26)16-10-8-15(9-11-16)21-17(23)12-13-20-18(24)27-19(2,3)4/h8-11H,6-7,12-14H2,1-5H3,(H,20,24)(H,21,23). The number of sulfonamides is 1.